The van der Waals surface area contributed by atoms with Crippen LogP contribution in [0.5, 0.6) is 5.75 Å². The molecule has 0 saturated carbocycles. The fourth-order valence-electron chi connectivity index (χ4n) is 4.34. The Morgan fingerprint density at radius 3 is 2.11 bits per heavy atom. The lowest BCUT2D eigenvalue weighted by Crippen LogP contribution is -2.66. The number of quaternary nitrogens is 1. The Morgan fingerprint density at radius 2 is 1.60 bits per heavy atom. The molecular weight excluding hydrogens is 468 g/mol. The molecule has 1 amide bonds. The minimum absolute atomic E-state index is 0.00922. The summed E-state index contributed by atoms with van der Waals surface area (Å²) in [6.45, 7) is 5.57. The number of aliphatic carboxylic acids is 1. The molecule has 2 atom stereocenters. The molecule has 0 aromatic heterocycles. The number of benzene rings is 2. The van der Waals surface area contributed by atoms with E-state index in [0.717, 1.165) is 11.1 Å². The Kier molecular flexibility index (Phi) is 10.00. The third kappa shape index (κ3) is 6.68. The van der Waals surface area contributed by atoms with Crippen molar-refractivity contribution in [3.63, 3.8) is 0 Å². The summed E-state index contributed by atoms with van der Waals surface area (Å²) in [6.07, 6.45) is 0.978. The van der Waals surface area contributed by atoms with Gasteiger partial charge in [-0.1, -0.05) is 43.7 Å². The van der Waals surface area contributed by atoms with Crippen LogP contribution in [0.15, 0.2) is 53.4 Å². The Labute approximate surface area is 208 Å². The molecule has 9 heteroatoms. The van der Waals surface area contributed by atoms with Gasteiger partial charge in [-0.05, 0) is 62.6 Å². The number of carboxylic acid groups (broad SMARTS) is 1. The van der Waals surface area contributed by atoms with Crippen molar-refractivity contribution in [2.75, 3.05) is 13.1 Å². The van der Waals surface area contributed by atoms with Gasteiger partial charge in [0.15, 0.2) is 0 Å². The van der Waals surface area contributed by atoms with Gasteiger partial charge in [-0.3, -0.25) is 0 Å². The largest absolute Gasteiger partial charge is 0.508 e. The number of hydrogen-bond donors (Lipinski definition) is 3. The highest BCUT2D eigenvalue weighted by atomic mass is 32.2. The second-order valence-corrected chi connectivity index (χ2v) is 11.4. The van der Waals surface area contributed by atoms with Gasteiger partial charge < -0.3 is 15.9 Å². The van der Waals surface area contributed by atoms with Crippen LogP contribution in [0.25, 0.3) is 0 Å². The van der Waals surface area contributed by atoms with Crippen molar-refractivity contribution in [3.8, 4) is 5.75 Å². The van der Waals surface area contributed by atoms with E-state index in [1.165, 1.54) is 24.3 Å². The van der Waals surface area contributed by atoms with E-state index in [4.69, 9.17) is 5.73 Å². The molecule has 0 radical (unpaired) electrons. The fraction of sp³-hybridized carbons (Fsp3) is 0.462. The zero-order chi connectivity index (χ0) is 26.2. The summed E-state index contributed by atoms with van der Waals surface area (Å²) in [5.74, 6) is -2.18. The average molecular weight is 506 g/mol. The monoisotopic (exact) mass is 505 g/mol. The molecule has 0 heterocycles. The number of aromatic hydroxyl groups is 1. The van der Waals surface area contributed by atoms with Crippen LogP contribution in [0.3, 0.4) is 0 Å². The van der Waals surface area contributed by atoms with E-state index in [1.807, 2.05) is 6.92 Å². The summed E-state index contributed by atoms with van der Waals surface area (Å²) in [7, 11) is -4.43. The van der Waals surface area contributed by atoms with Crippen LogP contribution in [-0.4, -0.2) is 53.5 Å². The molecule has 1 unspecified atom stereocenters. The first kappa shape index (κ1) is 28.5. The second-order valence-electron chi connectivity index (χ2n) is 9.36. The van der Waals surface area contributed by atoms with Crippen LogP contribution >= 0.6 is 0 Å². The molecule has 0 aliphatic rings. The third-order valence-corrected chi connectivity index (χ3v) is 8.42. The number of carbonyl (C=O) groups excluding carboxylic acids is 1. The molecule has 0 fully saturated rings. The molecule has 0 bridgehead atoms. The zero-order valence-electron chi connectivity index (χ0n) is 20.7. The lowest BCUT2D eigenvalue weighted by Gasteiger charge is -2.40. The maximum Gasteiger partial charge on any atom is 0.364 e. The van der Waals surface area contributed by atoms with E-state index in [2.05, 4.69) is 0 Å². The van der Waals surface area contributed by atoms with Gasteiger partial charge >= 0.3 is 21.9 Å². The first-order valence-corrected chi connectivity index (χ1v) is 13.3. The molecule has 2 aromatic carbocycles. The number of phenols is 1. The minimum atomic E-state index is -4.43. The first-order chi connectivity index (χ1) is 16.5. The van der Waals surface area contributed by atoms with Crippen LogP contribution < -0.4 is 5.73 Å². The molecule has 0 aliphatic heterocycles. The van der Waals surface area contributed by atoms with Crippen molar-refractivity contribution >= 4 is 21.9 Å². The predicted molar refractivity (Wildman–Crippen MR) is 134 cm³/mol. The van der Waals surface area contributed by atoms with E-state index < -0.39 is 31.8 Å². The van der Waals surface area contributed by atoms with Gasteiger partial charge in [0.2, 0.25) is 6.04 Å². The summed E-state index contributed by atoms with van der Waals surface area (Å²) in [5, 5.41) is 19.8. The first-order valence-electron chi connectivity index (χ1n) is 11.9. The van der Waals surface area contributed by atoms with Crippen LogP contribution in [-0.2, 0) is 26.0 Å². The van der Waals surface area contributed by atoms with Gasteiger partial charge in [-0.2, -0.15) is 8.42 Å². The number of nitrogens with two attached hydrogens (primary N) is 1. The van der Waals surface area contributed by atoms with Crippen LogP contribution in [0.1, 0.15) is 50.7 Å². The Bertz CT molecular complexity index is 1100. The van der Waals surface area contributed by atoms with Gasteiger partial charge in [0.25, 0.3) is 0 Å². The summed E-state index contributed by atoms with van der Waals surface area (Å²) in [5.41, 5.74) is 7.19. The minimum Gasteiger partial charge on any atom is -0.508 e. The Balaban J connectivity index is 2.66. The topological polar surface area (TPSA) is 135 Å². The molecule has 192 valence electrons. The molecule has 2 rings (SSSR count). The Hall–Kier alpha value is -2.75. The number of nitrogens with zero attached hydrogens (tertiary/aromatic N) is 1. The normalized spacial score (nSPS) is 14.4. The summed E-state index contributed by atoms with van der Waals surface area (Å²) in [6, 6.07) is 11.0. The van der Waals surface area contributed by atoms with Crippen LogP contribution in [0.2, 0.25) is 0 Å². The van der Waals surface area contributed by atoms with Gasteiger partial charge in [0, 0.05) is 12.3 Å². The lowest BCUT2D eigenvalue weighted by atomic mass is 10.0. The molecule has 8 nitrogen and oxygen atoms in total. The highest BCUT2D eigenvalue weighted by molar-refractivity contribution is 7.86. The van der Waals surface area contributed by atoms with Gasteiger partial charge in [0.05, 0.1) is 6.42 Å². The maximum absolute atomic E-state index is 14.2. The lowest BCUT2D eigenvalue weighted by molar-refractivity contribution is -0.753. The number of carbonyl (C=O) groups is 2. The number of rotatable bonds is 13. The predicted octanol–water partition coefficient (Wildman–Crippen LogP) is 3.60. The van der Waals surface area contributed by atoms with Crippen molar-refractivity contribution < 1.29 is 32.1 Å². The fourth-order valence-corrected chi connectivity index (χ4v) is 6.58. The zero-order valence-corrected chi connectivity index (χ0v) is 21.5. The van der Waals surface area contributed by atoms with Crippen molar-refractivity contribution in [2.24, 2.45) is 11.7 Å². The molecule has 0 spiro atoms. The third-order valence-electron chi connectivity index (χ3n) is 6.09. The number of unbranched alkanes of at least 4 members (excludes halogenated alkanes) is 1. The SMILES string of the molecule is Cc1ccc(S(=O)(=O)[N+](CC(C)C)(C(=O)CCc2ccc(O)cc2)[C@@H](CCCCN)C(=O)O)cc1. The number of sulfonamides is 1. The number of carboxylic acids is 1. The van der Waals surface area contributed by atoms with Crippen molar-refractivity contribution in [3.05, 3.63) is 59.7 Å². The number of hydrogen-bond acceptors (Lipinski definition) is 6. The van der Waals surface area contributed by atoms with E-state index in [1.54, 1.807) is 38.1 Å². The number of amides is 1. The second kappa shape index (κ2) is 12.3. The highest BCUT2D eigenvalue weighted by Gasteiger charge is 2.57. The van der Waals surface area contributed by atoms with Gasteiger partial charge in [-0.15, -0.1) is 3.89 Å². The standard InChI is InChI=1S/C26H36N2O6S/c1-19(2)18-28(24(26(31)32)6-4-5-17-27,35(33,34)23-14-7-20(3)8-15-23)25(30)16-11-21-9-12-22(29)13-10-21/h7-10,12-15,19,24H,4-6,11,16-18,27H2,1-3H3,(H-,29,31,32)/p+1/t24-,28?/m0/s1. The van der Waals surface area contributed by atoms with Crippen molar-refractivity contribution in [1.82, 2.24) is 0 Å². The quantitative estimate of drug-likeness (QED) is 0.280. The van der Waals surface area contributed by atoms with Crippen molar-refractivity contribution in [2.45, 2.75) is 63.8 Å². The molecule has 0 aliphatic carbocycles. The number of aryl methyl sites for hydroxylation is 2. The van der Waals surface area contributed by atoms with E-state index >= 15 is 0 Å². The van der Waals surface area contributed by atoms with Crippen LogP contribution in [0.4, 0.5) is 0 Å². The van der Waals surface area contributed by atoms with E-state index in [0.29, 0.717) is 19.4 Å². The van der Waals surface area contributed by atoms with Crippen LogP contribution in [0, 0.1) is 12.8 Å². The van der Waals surface area contributed by atoms with E-state index in [9.17, 15) is 28.2 Å². The molecule has 4 N–H and O–H groups in total. The summed E-state index contributed by atoms with van der Waals surface area (Å²) >= 11 is 0. The number of phenolic OH excluding ortho intramolecular Hbond substituents is 1. The maximum atomic E-state index is 14.2. The smallest absolute Gasteiger partial charge is 0.364 e. The van der Waals surface area contributed by atoms with Crippen molar-refractivity contribution in [1.29, 1.82) is 0 Å². The summed E-state index contributed by atoms with van der Waals surface area (Å²) in [4.78, 5) is 26.5. The van der Waals surface area contributed by atoms with Gasteiger partial charge in [-0.25, -0.2) is 9.59 Å². The van der Waals surface area contributed by atoms with E-state index in [-0.39, 0.29) is 42.4 Å². The van der Waals surface area contributed by atoms with Gasteiger partial charge in [0.1, 0.15) is 17.2 Å². The molecule has 35 heavy (non-hydrogen) atoms. The Morgan fingerprint density at radius 1 is 1.00 bits per heavy atom. The highest BCUT2D eigenvalue weighted by Crippen LogP contribution is 2.34. The summed E-state index contributed by atoms with van der Waals surface area (Å²) < 4.78 is 27.2. The molecule has 0 saturated heterocycles. The molecular formula is C26H37N2O6S+. The average Bonchev–Trinajstić information content (AvgIpc) is 2.80. The molecule has 2 aromatic rings.